The summed E-state index contributed by atoms with van der Waals surface area (Å²) in [6, 6.07) is 0. The Balaban J connectivity index is 1.76. The van der Waals surface area contributed by atoms with Crippen LogP contribution in [0.5, 0.6) is 0 Å². The molecule has 1 saturated carbocycles. The van der Waals surface area contributed by atoms with Crippen molar-refractivity contribution < 1.29 is 19.5 Å². The van der Waals surface area contributed by atoms with Crippen LogP contribution in [0.3, 0.4) is 0 Å². The Bertz CT molecular complexity index is 418. The highest BCUT2D eigenvalue weighted by Gasteiger charge is 2.41. The number of aliphatic carboxylic acids is 1. The normalized spacial score (nSPS) is 28.6. The largest absolute Gasteiger partial charge is 0.481 e. The van der Waals surface area contributed by atoms with E-state index in [0.29, 0.717) is 25.8 Å². The van der Waals surface area contributed by atoms with E-state index < -0.39 is 17.8 Å². The molecule has 1 heterocycles. The first-order valence-corrected chi connectivity index (χ1v) is 7.77. The zero-order valence-corrected chi connectivity index (χ0v) is 12.5. The Labute approximate surface area is 124 Å². The summed E-state index contributed by atoms with van der Waals surface area (Å²) in [5.41, 5.74) is 0. The molecule has 0 bridgehead atoms. The van der Waals surface area contributed by atoms with Gasteiger partial charge in [0.25, 0.3) is 0 Å². The van der Waals surface area contributed by atoms with Crippen LogP contribution >= 0.6 is 0 Å². The Morgan fingerprint density at radius 1 is 1.14 bits per heavy atom. The summed E-state index contributed by atoms with van der Waals surface area (Å²) in [6.07, 6.45) is 3.57. The SMILES string of the molecule is CC1C[C@H](C(=O)NCCC(=O)N2CCCC2)[C@H](C(=O)O)C1. The molecule has 118 valence electrons. The molecule has 1 aliphatic heterocycles. The maximum atomic E-state index is 12.1. The summed E-state index contributed by atoms with van der Waals surface area (Å²) in [7, 11) is 0. The Kier molecular flexibility index (Phi) is 5.20. The van der Waals surface area contributed by atoms with Crippen molar-refractivity contribution in [3.05, 3.63) is 0 Å². The number of nitrogens with one attached hydrogen (secondary N) is 1. The number of carboxylic acid groups (broad SMARTS) is 1. The molecule has 21 heavy (non-hydrogen) atoms. The molecule has 1 saturated heterocycles. The minimum Gasteiger partial charge on any atom is -0.481 e. The van der Waals surface area contributed by atoms with Crippen molar-refractivity contribution in [3.8, 4) is 0 Å². The number of carbonyl (C=O) groups is 3. The quantitative estimate of drug-likeness (QED) is 0.788. The monoisotopic (exact) mass is 296 g/mol. The molecule has 2 amide bonds. The van der Waals surface area contributed by atoms with Crippen molar-refractivity contribution in [2.24, 2.45) is 17.8 Å². The van der Waals surface area contributed by atoms with Crippen molar-refractivity contribution in [1.29, 1.82) is 0 Å². The molecule has 6 heteroatoms. The van der Waals surface area contributed by atoms with Gasteiger partial charge < -0.3 is 15.3 Å². The van der Waals surface area contributed by atoms with Gasteiger partial charge in [0.1, 0.15) is 0 Å². The van der Waals surface area contributed by atoms with Crippen LogP contribution in [0.15, 0.2) is 0 Å². The van der Waals surface area contributed by atoms with E-state index in [1.54, 1.807) is 0 Å². The van der Waals surface area contributed by atoms with Gasteiger partial charge in [0, 0.05) is 26.1 Å². The third kappa shape index (κ3) is 3.95. The third-order valence-electron chi connectivity index (χ3n) is 4.55. The first-order valence-electron chi connectivity index (χ1n) is 7.77. The van der Waals surface area contributed by atoms with E-state index >= 15 is 0 Å². The van der Waals surface area contributed by atoms with Gasteiger partial charge in [0.2, 0.25) is 11.8 Å². The van der Waals surface area contributed by atoms with Crippen LogP contribution in [0.1, 0.15) is 39.0 Å². The second-order valence-corrected chi connectivity index (χ2v) is 6.26. The number of amides is 2. The second kappa shape index (κ2) is 6.91. The zero-order chi connectivity index (χ0) is 15.4. The summed E-state index contributed by atoms with van der Waals surface area (Å²) in [5, 5.41) is 11.9. The van der Waals surface area contributed by atoms with Crippen molar-refractivity contribution in [2.45, 2.75) is 39.0 Å². The van der Waals surface area contributed by atoms with E-state index in [0.717, 1.165) is 25.9 Å². The molecule has 3 atom stereocenters. The van der Waals surface area contributed by atoms with Gasteiger partial charge in [-0.25, -0.2) is 0 Å². The minimum atomic E-state index is -0.896. The second-order valence-electron chi connectivity index (χ2n) is 6.26. The van der Waals surface area contributed by atoms with Crippen molar-refractivity contribution >= 4 is 17.8 Å². The number of likely N-dealkylation sites (tertiary alicyclic amines) is 1. The van der Waals surface area contributed by atoms with E-state index in [1.165, 1.54) is 0 Å². The Morgan fingerprint density at radius 3 is 2.38 bits per heavy atom. The summed E-state index contributed by atoms with van der Waals surface area (Å²) < 4.78 is 0. The van der Waals surface area contributed by atoms with Gasteiger partial charge in [-0.05, 0) is 31.6 Å². The Morgan fingerprint density at radius 2 is 1.76 bits per heavy atom. The highest BCUT2D eigenvalue weighted by Crippen LogP contribution is 2.36. The number of carbonyl (C=O) groups excluding carboxylic acids is 2. The van der Waals surface area contributed by atoms with Gasteiger partial charge >= 0.3 is 5.97 Å². The number of rotatable bonds is 5. The lowest BCUT2D eigenvalue weighted by Crippen LogP contribution is -2.38. The summed E-state index contributed by atoms with van der Waals surface area (Å²) in [4.78, 5) is 37.0. The molecular formula is C15H24N2O4. The highest BCUT2D eigenvalue weighted by molar-refractivity contribution is 5.85. The van der Waals surface area contributed by atoms with E-state index in [9.17, 15) is 14.4 Å². The fourth-order valence-corrected chi connectivity index (χ4v) is 3.40. The van der Waals surface area contributed by atoms with E-state index in [4.69, 9.17) is 5.11 Å². The van der Waals surface area contributed by atoms with Crippen LogP contribution < -0.4 is 5.32 Å². The number of nitrogens with zero attached hydrogens (tertiary/aromatic N) is 1. The summed E-state index contributed by atoms with van der Waals surface area (Å²) >= 11 is 0. The predicted molar refractivity (Wildman–Crippen MR) is 76.5 cm³/mol. The summed E-state index contributed by atoms with van der Waals surface area (Å²) in [5.74, 6) is -1.84. The van der Waals surface area contributed by atoms with Gasteiger partial charge in [-0.2, -0.15) is 0 Å². The van der Waals surface area contributed by atoms with Gasteiger partial charge in [0.05, 0.1) is 11.8 Å². The topological polar surface area (TPSA) is 86.7 Å². The molecular weight excluding hydrogens is 272 g/mol. The molecule has 0 aromatic heterocycles. The van der Waals surface area contributed by atoms with Gasteiger partial charge in [-0.1, -0.05) is 6.92 Å². The molecule has 6 nitrogen and oxygen atoms in total. The lowest BCUT2D eigenvalue weighted by molar-refractivity contribution is -0.146. The molecule has 2 rings (SSSR count). The predicted octanol–water partition coefficient (Wildman–Crippen LogP) is 0.862. The average Bonchev–Trinajstić information content (AvgIpc) is 3.07. The first kappa shape index (κ1) is 15.8. The molecule has 1 unspecified atom stereocenters. The molecule has 0 radical (unpaired) electrons. The molecule has 2 N–H and O–H groups in total. The number of hydrogen-bond donors (Lipinski definition) is 2. The molecule has 0 aromatic rings. The number of hydrogen-bond acceptors (Lipinski definition) is 3. The summed E-state index contributed by atoms with van der Waals surface area (Å²) in [6.45, 7) is 3.90. The third-order valence-corrected chi connectivity index (χ3v) is 4.55. The molecule has 2 fully saturated rings. The first-order chi connectivity index (χ1) is 9.99. The van der Waals surface area contributed by atoms with E-state index in [1.807, 2.05) is 11.8 Å². The van der Waals surface area contributed by atoms with Crippen molar-refractivity contribution in [1.82, 2.24) is 10.2 Å². The van der Waals surface area contributed by atoms with Gasteiger partial charge in [-0.3, -0.25) is 14.4 Å². The van der Waals surface area contributed by atoms with Crippen molar-refractivity contribution in [3.63, 3.8) is 0 Å². The fourth-order valence-electron chi connectivity index (χ4n) is 3.40. The van der Waals surface area contributed by atoms with E-state index in [-0.39, 0.29) is 17.7 Å². The van der Waals surface area contributed by atoms with E-state index in [2.05, 4.69) is 5.32 Å². The smallest absolute Gasteiger partial charge is 0.307 e. The molecule has 2 aliphatic rings. The van der Waals surface area contributed by atoms with Crippen LogP contribution in [-0.4, -0.2) is 47.4 Å². The lowest BCUT2D eigenvalue weighted by Gasteiger charge is -2.17. The van der Waals surface area contributed by atoms with Crippen LogP contribution in [0, 0.1) is 17.8 Å². The highest BCUT2D eigenvalue weighted by atomic mass is 16.4. The van der Waals surface area contributed by atoms with Crippen LogP contribution in [-0.2, 0) is 14.4 Å². The van der Waals surface area contributed by atoms with Crippen LogP contribution in [0.2, 0.25) is 0 Å². The molecule has 0 spiro atoms. The van der Waals surface area contributed by atoms with Crippen LogP contribution in [0.25, 0.3) is 0 Å². The maximum absolute atomic E-state index is 12.1. The van der Waals surface area contributed by atoms with Crippen LogP contribution in [0.4, 0.5) is 0 Å². The maximum Gasteiger partial charge on any atom is 0.307 e. The minimum absolute atomic E-state index is 0.0716. The van der Waals surface area contributed by atoms with Gasteiger partial charge in [-0.15, -0.1) is 0 Å². The molecule has 1 aliphatic carbocycles. The lowest BCUT2D eigenvalue weighted by atomic mass is 9.95. The fraction of sp³-hybridized carbons (Fsp3) is 0.800. The zero-order valence-electron chi connectivity index (χ0n) is 12.5. The standard InChI is InChI=1S/C15H24N2O4/c1-10-8-11(12(9-10)15(20)21)14(19)16-5-4-13(18)17-6-2-3-7-17/h10-12H,2-9H2,1H3,(H,16,19)(H,20,21)/t10?,11-,12+/m0/s1. The number of carboxylic acids is 1. The van der Waals surface area contributed by atoms with Crippen molar-refractivity contribution in [2.75, 3.05) is 19.6 Å². The van der Waals surface area contributed by atoms with Gasteiger partial charge in [0.15, 0.2) is 0 Å². The molecule has 0 aromatic carbocycles. The Hall–Kier alpha value is -1.59. The average molecular weight is 296 g/mol.